The summed E-state index contributed by atoms with van der Waals surface area (Å²) in [6.45, 7) is 0.204. The van der Waals surface area contributed by atoms with Gasteiger partial charge >= 0.3 is 5.97 Å². The van der Waals surface area contributed by atoms with Crippen LogP contribution in [-0.2, 0) is 4.84 Å². The zero-order chi connectivity index (χ0) is 15.4. The van der Waals surface area contributed by atoms with E-state index in [2.05, 4.69) is 5.16 Å². The van der Waals surface area contributed by atoms with Gasteiger partial charge < -0.3 is 20.0 Å². The molecule has 0 saturated carbocycles. The Balaban J connectivity index is 1.65. The van der Waals surface area contributed by atoms with Crippen LogP contribution >= 0.6 is 0 Å². The molecule has 112 valence electrons. The average molecular weight is 298 g/mol. The second kappa shape index (κ2) is 6.17. The van der Waals surface area contributed by atoms with E-state index < -0.39 is 12.1 Å². The van der Waals surface area contributed by atoms with E-state index in [0.29, 0.717) is 17.1 Å². The molecule has 6 heteroatoms. The number of ether oxygens (including phenoxy) is 2. The predicted molar refractivity (Wildman–Crippen MR) is 79.8 cm³/mol. The number of hydrogen-bond acceptors (Lipinski definition) is 5. The van der Waals surface area contributed by atoms with Crippen molar-refractivity contribution in [3.63, 3.8) is 0 Å². The topological polar surface area (TPSA) is 83.1 Å². The van der Waals surface area contributed by atoms with Gasteiger partial charge in [0.05, 0.1) is 5.56 Å². The van der Waals surface area contributed by atoms with Gasteiger partial charge in [0.15, 0.2) is 23.4 Å². The largest absolute Gasteiger partial charge is 0.485 e. The van der Waals surface area contributed by atoms with Gasteiger partial charge in [-0.25, -0.2) is 4.79 Å². The van der Waals surface area contributed by atoms with Crippen molar-refractivity contribution in [2.24, 2.45) is 10.9 Å². The quantitative estimate of drug-likeness (QED) is 0.405. The van der Waals surface area contributed by atoms with Crippen molar-refractivity contribution in [1.29, 1.82) is 0 Å². The Hall–Kier alpha value is -3.02. The first-order valence-electron chi connectivity index (χ1n) is 6.72. The van der Waals surface area contributed by atoms with E-state index in [1.807, 2.05) is 12.1 Å². The number of carbonyl (C=O) groups excluding carboxylic acids is 1. The molecule has 0 aliphatic carbocycles. The van der Waals surface area contributed by atoms with Gasteiger partial charge in [-0.1, -0.05) is 35.5 Å². The minimum absolute atomic E-state index is 0.0405. The number of rotatable bonds is 3. The fraction of sp³-hybridized carbons (Fsp3) is 0.125. The molecule has 0 amide bonds. The Bertz CT molecular complexity index is 700. The lowest BCUT2D eigenvalue weighted by Gasteiger charge is -2.25. The van der Waals surface area contributed by atoms with Crippen molar-refractivity contribution in [3.05, 3.63) is 60.2 Å². The van der Waals surface area contributed by atoms with Crippen LogP contribution < -0.4 is 15.2 Å². The number of oxime groups is 1. The molecular weight excluding hydrogens is 284 g/mol. The molecule has 2 aromatic rings. The maximum Gasteiger partial charge on any atom is 0.365 e. The minimum atomic E-state index is -0.599. The number of fused-ring (bicyclic) bond motifs is 1. The maximum absolute atomic E-state index is 11.8. The van der Waals surface area contributed by atoms with Crippen LogP contribution in [0.25, 0.3) is 0 Å². The Morgan fingerprint density at radius 2 is 1.77 bits per heavy atom. The molecule has 22 heavy (non-hydrogen) atoms. The van der Waals surface area contributed by atoms with Crippen LogP contribution in [0.1, 0.15) is 10.4 Å². The standard InChI is InChI=1S/C16H14N2O4/c17-15(18-22-16(19)11-6-2-1-3-7-11)14-10-20-12-8-4-5-9-13(12)21-14/h1-9,14H,10H2,(H2,17,18). The molecular formula is C16H14N2O4. The van der Waals surface area contributed by atoms with E-state index in [-0.39, 0.29) is 12.4 Å². The number of hydrogen-bond donors (Lipinski definition) is 1. The van der Waals surface area contributed by atoms with Gasteiger partial charge in [0, 0.05) is 0 Å². The van der Waals surface area contributed by atoms with Gasteiger partial charge in [0.25, 0.3) is 0 Å². The summed E-state index contributed by atoms with van der Waals surface area (Å²) in [4.78, 5) is 16.6. The monoisotopic (exact) mass is 298 g/mol. The molecule has 0 aromatic heterocycles. The van der Waals surface area contributed by atoms with E-state index >= 15 is 0 Å². The van der Waals surface area contributed by atoms with Gasteiger partial charge in [-0.15, -0.1) is 0 Å². The van der Waals surface area contributed by atoms with Crippen molar-refractivity contribution >= 4 is 11.8 Å². The fourth-order valence-corrected chi connectivity index (χ4v) is 1.95. The highest BCUT2D eigenvalue weighted by Crippen LogP contribution is 2.30. The summed E-state index contributed by atoms with van der Waals surface area (Å²) in [5.74, 6) is 0.679. The fourth-order valence-electron chi connectivity index (χ4n) is 1.95. The second-order valence-electron chi connectivity index (χ2n) is 4.63. The molecule has 3 rings (SSSR count). The normalized spacial score (nSPS) is 16.9. The molecule has 0 bridgehead atoms. The van der Waals surface area contributed by atoms with Gasteiger partial charge in [-0.3, -0.25) is 0 Å². The maximum atomic E-state index is 11.8. The Kier molecular flexibility index (Phi) is 3.91. The Labute approximate surface area is 127 Å². The minimum Gasteiger partial charge on any atom is -0.485 e. The van der Waals surface area contributed by atoms with Crippen molar-refractivity contribution in [2.45, 2.75) is 6.10 Å². The van der Waals surface area contributed by atoms with E-state index in [1.54, 1.807) is 42.5 Å². The first-order valence-corrected chi connectivity index (χ1v) is 6.72. The third-order valence-electron chi connectivity index (χ3n) is 3.08. The van der Waals surface area contributed by atoms with Crippen molar-refractivity contribution in [1.82, 2.24) is 0 Å². The summed E-state index contributed by atoms with van der Waals surface area (Å²) >= 11 is 0. The Morgan fingerprint density at radius 3 is 2.55 bits per heavy atom. The predicted octanol–water partition coefficient (Wildman–Crippen LogP) is 1.96. The molecule has 2 aromatic carbocycles. The third-order valence-corrected chi connectivity index (χ3v) is 3.08. The van der Waals surface area contributed by atoms with E-state index in [0.717, 1.165) is 0 Å². The van der Waals surface area contributed by atoms with E-state index in [9.17, 15) is 4.79 Å². The molecule has 0 radical (unpaired) electrons. The highest BCUT2D eigenvalue weighted by Gasteiger charge is 2.24. The highest BCUT2D eigenvalue weighted by atomic mass is 16.7. The summed E-state index contributed by atoms with van der Waals surface area (Å²) in [7, 11) is 0. The van der Waals surface area contributed by atoms with Gasteiger partial charge in [-0.2, -0.15) is 0 Å². The van der Waals surface area contributed by atoms with Crippen molar-refractivity contribution < 1.29 is 19.1 Å². The summed E-state index contributed by atoms with van der Waals surface area (Å²) in [5, 5.41) is 3.64. The lowest BCUT2D eigenvalue weighted by atomic mass is 10.2. The molecule has 2 N–H and O–H groups in total. The van der Waals surface area contributed by atoms with Crippen molar-refractivity contribution in [3.8, 4) is 11.5 Å². The molecule has 0 spiro atoms. The van der Waals surface area contributed by atoms with Gasteiger partial charge in [-0.05, 0) is 24.3 Å². The first kappa shape index (κ1) is 13.9. The molecule has 1 heterocycles. The molecule has 1 unspecified atom stereocenters. The molecule has 6 nitrogen and oxygen atoms in total. The summed E-state index contributed by atoms with van der Waals surface area (Å²) in [5.41, 5.74) is 6.19. The van der Waals surface area contributed by atoms with E-state index in [1.165, 1.54) is 0 Å². The number of para-hydroxylation sites is 2. The molecule has 1 aliphatic rings. The molecule has 0 saturated heterocycles. The highest BCUT2D eigenvalue weighted by molar-refractivity contribution is 5.91. The van der Waals surface area contributed by atoms with Crippen LogP contribution in [0.3, 0.4) is 0 Å². The van der Waals surface area contributed by atoms with Crippen LogP contribution in [0.5, 0.6) is 11.5 Å². The number of benzene rings is 2. The molecule has 1 atom stereocenters. The number of amidine groups is 1. The summed E-state index contributed by atoms with van der Waals surface area (Å²) in [6.07, 6.45) is -0.599. The van der Waals surface area contributed by atoms with Crippen molar-refractivity contribution in [2.75, 3.05) is 6.61 Å². The zero-order valence-corrected chi connectivity index (χ0v) is 11.6. The van der Waals surface area contributed by atoms with Crippen LogP contribution in [0.4, 0.5) is 0 Å². The molecule has 1 aliphatic heterocycles. The SMILES string of the molecule is NC(=NOC(=O)c1ccccc1)C1COc2ccccc2O1. The van der Waals surface area contributed by atoms with Crippen LogP contribution in [-0.4, -0.2) is 24.5 Å². The number of nitrogens with zero attached hydrogens (tertiary/aromatic N) is 1. The van der Waals surface area contributed by atoms with Crippen LogP contribution in [0.2, 0.25) is 0 Å². The van der Waals surface area contributed by atoms with Crippen LogP contribution in [0.15, 0.2) is 59.8 Å². The third kappa shape index (κ3) is 3.01. The Morgan fingerprint density at radius 1 is 1.09 bits per heavy atom. The lowest BCUT2D eigenvalue weighted by Crippen LogP contribution is -2.41. The second-order valence-corrected chi connectivity index (χ2v) is 4.63. The smallest absolute Gasteiger partial charge is 0.365 e. The summed E-state index contributed by atoms with van der Waals surface area (Å²) in [6, 6.07) is 15.8. The summed E-state index contributed by atoms with van der Waals surface area (Å²) < 4.78 is 11.2. The lowest BCUT2D eigenvalue weighted by molar-refractivity contribution is 0.0504. The van der Waals surface area contributed by atoms with Gasteiger partial charge in [0.1, 0.15) is 6.61 Å². The van der Waals surface area contributed by atoms with Crippen LogP contribution in [0, 0.1) is 0 Å². The average Bonchev–Trinajstić information content (AvgIpc) is 2.59. The van der Waals surface area contributed by atoms with Gasteiger partial charge in [0.2, 0.25) is 0 Å². The number of carbonyl (C=O) groups is 1. The molecule has 0 fully saturated rings. The van der Waals surface area contributed by atoms with E-state index in [4.69, 9.17) is 20.0 Å². The first-order chi connectivity index (χ1) is 10.7. The zero-order valence-electron chi connectivity index (χ0n) is 11.6. The number of nitrogens with two attached hydrogens (primary N) is 1.